The van der Waals surface area contributed by atoms with Gasteiger partial charge in [0.05, 0.1) is 0 Å². The lowest BCUT2D eigenvalue weighted by Crippen LogP contribution is -1.91. The summed E-state index contributed by atoms with van der Waals surface area (Å²) in [5, 5.41) is 2.35. The van der Waals surface area contributed by atoms with Gasteiger partial charge in [-0.15, -0.1) is 11.3 Å². The molecule has 0 aliphatic heterocycles. The lowest BCUT2D eigenvalue weighted by molar-refractivity contribution is 1.38. The Morgan fingerprint density at radius 3 is 1.90 bits per heavy atom. The normalized spacial score (nSPS) is 19.7. The molecule has 1 aromatic rings. The Kier molecular flexibility index (Phi) is 2.93. The smallest absolute Gasteiger partial charge is 0.0387 e. The van der Waals surface area contributed by atoms with Crippen molar-refractivity contribution in [2.24, 2.45) is 0 Å². The third kappa shape index (κ3) is 1.90. The number of thiophene rings is 1. The molecule has 0 saturated heterocycles. The van der Waals surface area contributed by atoms with Gasteiger partial charge in [-0.3, -0.25) is 0 Å². The first kappa shape index (κ1) is 11.9. The van der Waals surface area contributed by atoms with Crippen LogP contribution < -0.4 is 0 Å². The Morgan fingerprint density at radius 1 is 0.700 bits per heavy atom. The highest BCUT2D eigenvalue weighted by Crippen LogP contribution is 2.43. The summed E-state index contributed by atoms with van der Waals surface area (Å²) in [4.78, 5) is 1.47. The number of allylic oxidation sites excluding steroid dienone is 12. The van der Waals surface area contributed by atoms with Crippen molar-refractivity contribution in [3.05, 3.63) is 76.1 Å². The highest BCUT2D eigenvalue weighted by atomic mass is 32.1. The summed E-state index contributed by atoms with van der Waals surface area (Å²) in [6.45, 7) is 0. The van der Waals surface area contributed by atoms with Gasteiger partial charge >= 0.3 is 0 Å². The third-order valence-corrected chi connectivity index (χ3v) is 5.12. The van der Waals surface area contributed by atoms with Crippen molar-refractivity contribution in [3.8, 4) is 0 Å². The van der Waals surface area contributed by atoms with Crippen LogP contribution in [0.1, 0.15) is 35.3 Å². The zero-order chi connectivity index (χ0) is 13.4. The third-order valence-electron chi connectivity index (χ3n) is 4.06. The van der Waals surface area contributed by atoms with Crippen LogP contribution in [0, 0.1) is 0 Å². The first-order valence-electron chi connectivity index (χ1n) is 7.13. The van der Waals surface area contributed by atoms with Gasteiger partial charge in [0.25, 0.3) is 0 Å². The van der Waals surface area contributed by atoms with E-state index in [4.69, 9.17) is 0 Å². The van der Waals surface area contributed by atoms with E-state index in [1.54, 1.807) is 0 Å². The van der Waals surface area contributed by atoms with Gasteiger partial charge in [-0.25, -0.2) is 0 Å². The molecular weight excluding hydrogens is 260 g/mol. The van der Waals surface area contributed by atoms with Gasteiger partial charge in [-0.2, -0.15) is 0 Å². The predicted octanol–water partition coefficient (Wildman–Crippen LogP) is 5.78. The maximum atomic E-state index is 2.35. The maximum Gasteiger partial charge on any atom is 0.0387 e. The molecule has 98 valence electrons. The molecule has 0 radical (unpaired) electrons. The Labute approximate surface area is 123 Å². The topological polar surface area (TPSA) is 0 Å². The van der Waals surface area contributed by atoms with Gasteiger partial charge in [-0.1, -0.05) is 54.7 Å². The highest BCUT2D eigenvalue weighted by molar-refractivity contribution is 7.11. The van der Waals surface area contributed by atoms with Crippen LogP contribution in [-0.4, -0.2) is 0 Å². The summed E-state index contributed by atoms with van der Waals surface area (Å²) in [6.07, 6.45) is 23.3. The molecule has 0 fully saturated rings. The fraction of sp³-hybridized carbons (Fsp3) is 0.158. The molecule has 0 nitrogen and oxygen atoms in total. The fourth-order valence-electron chi connectivity index (χ4n) is 3.04. The van der Waals surface area contributed by atoms with E-state index in [9.17, 15) is 0 Å². The average molecular weight is 276 g/mol. The maximum absolute atomic E-state index is 2.35. The predicted molar refractivity (Wildman–Crippen MR) is 89.5 cm³/mol. The Bertz CT molecular complexity index is 682. The summed E-state index contributed by atoms with van der Waals surface area (Å²) in [5.74, 6) is 0. The largest absolute Gasteiger partial charge is 0.143 e. The van der Waals surface area contributed by atoms with Crippen molar-refractivity contribution in [2.75, 3.05) is 0 Å². The lowest BCUT2D eigenvalue weighted by atomic mass is 9.93. The Morgan fingerprint density at radius 2 is 1.30 bits per heavy atom. The summed E-state index contributed by atoms with van der Waals surface area (Å²) in [6, 6.07) is 0. The fourth-order valence-corrected chi connectivity index (χ4v) is 4.21. The molecule has 0 saturated carbocycles. The molecule has 0 bridgehead atoms. The molecule has 1 aromatic heterocycles. The SMILES string of the molecule is C1=CCC(c2csc(C3=CC=CC3)c2C2=CC=CC2)=C1. The number of hydrogen-bond acceptors (Lipinski definition) is 1. The van der Waals surface area contributed by atoms with E-state index in [1.807, 2.05) is 11.3 Å². The Hall–Kier alpha value is -1.86. The van der Waals surface area contributed by atoms with Crippen molar-refractivity contribution in [1.82, 2.24) is 0 Å². The van der Waals surface area contributed by atoms with Crippen LogP contribution in [0.2, 0.25) is 0 Å². The molecule has 4 rings (SSSR count). The van der Waals surface area contributed by atoms with Gasteiger partial charge in [0, 0.05) is 10.4 Å². The molecule has 0 amide bonds. The molecule has 0 atom stereocenters. The van der Waals surface area contributed by atoms with Crippen molar-refractivity contribution in [1.29, 1.82) is 0 Å². The summed E-state index contributed by atoms with van der Waals surface area (Å²) >= 11 is 1.90. The van der Waals surface area contributed by atoms with E-state index in [-0.39, 0.29) is 0 Å². The molecule has 3 aliphatic rings. The van der Waals surface area contributed by atoms with Crippen LogP contribution >= 0.6 is 11.3 Å². The number of rotatable bonds is 3. The van der Waals surface area contributed by atoms with E-state index in [0.29, 0.717) is 0 Å². The van der Waals surface area contributed by atoms with Crippen molar-refractivity contribution >= 4 is 28.1 Å². The summed E-state index contributed by atoms with van der Waals surface area (Å²) in [7, 11) is 0. The molecule has 1 heterocycles. The first-order chi connectivity index (χ1) is 9.93. The second kappa shape index (κ2) is 4.92. The summed E-state index contributed by atoms with van der Waals surface area (Å²) in [5.41, 5.74) is 7.32. The van der Waals surface area contributed by atoms with Crippen molar-refractivity contribution in [3.63, 3.8) is 0 Å². The monoisotopic (exact) mass is 276 g/mol. The van der Waals surface area contributed by atoms with E-state index >= 15 is 0 Å². The van der Waals surface area contributed by atoms with Gasteiger partial charge in [0.2, 0.25) is 0 Å². The van der Waals surface area contributed by atoms with Gasteiger partial charge < -0.3 is 0 Å². The van der Waals surface area contributed by atoms with E-state index < -0.39 is 0 Å². The molecule has 20 heavy (non-hydrogen) atoms. The van der Waals surface area contributed by atoms with Crippen LogP contribution in [0.4, 0.5) is 0 Å². The Balaban J connectivity index is 1.83. The van der Waals surface area contributed by atoms with Gasteiger partial charge in [0.1, 0.15) is 0 Å². The molecule has 0 aromatic carbocycles. The lowest BCUT2D eigenvalue weighted by Gasteiger charge is -2.10. The second-order valence-electron chi connectivity index (χ2n) is 5.33. The average Bonchev–Trinajstić information content (AvgIpc) is 3.23. The molecule has 0 N–H and O–H groups in total. The molecular formula is C19H16S. The minimum atomic E-state index is 1.07. The second-order valence-corrected chi connectivity index (χ2v) is 6.21. The first-order valence-corrected chi connectivity index (χ1v) is 8.01. The molecule has 1 heteroatoms. The van der Waals surface area contributed by atoms with E-state index in [0.717, 1.165) is 19.3 Å². The van der Waals surface area contributed by atoms with Gasteiger partial charge in [-0.05, 0) is 46.9 Å². The molecule has 3 aliphatic carbocycles. The zero-order valence-corrected chi connectivity index (χ0v) is 12.1. The van der Waals surface area contributed by atoms with Crippen LogP contribution in [0.15, 0.2) is 60.1 Å². The van der Waals surface area contributed by atoms with Crippen molar-refractivity contribution < 1.29 is 0 Å². The van der Waals surface area contributed by atoms with Gasteiger partial charge in [0.15, 0.2) is 0 Å². The van der Waals surface area contributed by atoms with Crippen LogP contribution in [0.25, 0.3) is 16.7 Å². The number of hydrogen-bond donors (Lipinski definition) is 0. The van der Waals surface area contributed by atoms with E-state index in [1.165, 1.54) is 32.7 Å². The van der Waals surface area contributed by atoms with E-state index in [2.05, 4.69) is 60.1 Å². The zero-order valence-electron chi connectivity index (χ0n) is 11.3. The van der Waals surface area contributed by atoms with Crippen molar-refractivity contribution in [2.45, 2.75) is 19.3 Å². The standard InChI is InChI=1S/C19H16S/c1-2-8-14(7-1)17-13-20-19(16-11-5-6-12-16)18(17)15-9-3-4-10-15/h1-7,9,11,13H,8,10,12H2. The highest BCUT2D eigenvalue weighted by Gasteiger charge is 2.21. The molecule has 0 spiro atoms. The van der Waals surface area contributed by atoms with Crippen LogP contribution in [0.5, 0.6) is 0 Å². The minimum Gasteiger partial charge on any atom is -0.143 e. The van der Waals surface area contributed by atoms with Crippen LogP contribution in [-0.2, 0) is 0 Å². The minimum absolute atomic E-state index is 1.07. The van der Waals surface area contributed by atoms with Crippen LogP contribution in [0.3, 0.4) is 0 Å². The summed E-state index contributed by atoms with van der Waals surface area (Å²) < 4.78 is 0. The molecule has 0 unspecified atom stereocenters. The quantitative estimate of drug-likeness (QED) is 0.656.